The average Bonchev–Trinajstić information content (AvgIpc) is 2.38. The van der Waals surface area contributed by atoms with Crippen molar-refractivity contribution in [2.24, 2.45) is 22.7 Å². The molecule has 5 aliphatic carbocycles. The third-order valence-electron chi connectivity index (χ3n) is 6.83. The number of halogens is 1. The van der Waals surface area contributed by atoms with Crippen LogP contribution in [0.5, 0.6) is 0 Å². The molecule has 5 aliphatic rings. The summed E-state index contributed by atoms with van der Waals surface area (Å²) in [5.41, 5.74) is 0.390. The first-order valence-corrected chi connectivity index (χ1v) is 9.37. The van der Waals surface area contributed by atoms with Gasteiger partial charge >= 0.3 is 0 Å². The maximum atomic E-state index is 13.1. The summed E-state index contributed by atoms with van der Waals surface area (Å²) in [5, 5.41) is 3.52. The van der Waals surface area contributed by atoms with Crippen molar-refractivity contribution in [3.8, 4) is 0 Å². The minimum atomic E-state index is -0.0487. The standard InChI is InChI=1S/C18H28ClNO/c1-17-7-12-6-13(8-17)10-18(9-12,11-17)16(21)20-15-5-3-2-4-14(15)19/h12-15H,2-11H2,1H3,(H,20,21). The van der Waals surface area contributed by atoms with E-state index in [1.807, 2.05) is 0 Å². The Kier molecular flexibility index (Phi) is 3.33. The van der Waals surface area contributed by atoms with E-state index in [0.717, 1.165) is 43.9 Å². The second-order valence-electron chi connectivity index (χ2n) is 8.93. The molecule has 4 bridgehead atoms. The zero-order chi connectivity index (χ0) is 14.7. The van der Waals surface area contributed by atoms with Crippen LogP contribution in [-0.2, 0) is 4.79 Å². The van der Waals surface area contributed by atoms with Gasteiger partial charge in [0.25, 0.3) is 0 Å². The lowest BCUT2D eigenvalue weighted by molar-refractivity contribution is -0.156. The summed E-state index contributed by atoms with van der Waals surface area (Å²) in [7, 11) is 0. The smallest absolute Gasteiger partial charge is 0.226 e. The molecule has 0 spiro atoms. The molecule has 0 saturated heterocycles. The fraction of sp³-hybridized carbons (Fsp3) is 0.944. The molecule has 0 aromatic heterocycles. The molecule has 1 amide bonds. The Morgan fingerprint density at radius 3 is 2.38 bits per heavy atom. The molecule has 0 aromatic carbocycles. The lowest BCUT2D eigenvalue weighted by Crippen LogP contribution is -2.58. The Morgan fingerprint density at radius 1 is 1.10 bits per heavy atom. The van der Waals surface area contributed by atoms with Crippen LogP contribution in [0.25, 0.3) is 0 Å². The summed E-state index contributed by atoms with van der Waals surface area (Å²) in [6, 6.07) is 0.216. The van der Waals surface area contributed by atoms with Crippen LogP contribution in [-0.4, -0.2) is 17.3 Å². The SMILES string of the molecule is CC12CC3CC(C1)CC(C(=O)NC1CCCCC1Cl)(C3)C2. The summed E-state index contributed by atoms with van der Waals surface area (Å²) in [4.78, 5) is 13.1. The molecule has 5 saturated carbocycles. The van der Waals surface area contributed by atoms with Gasteiger partial charge in [0.1, 0.15) is 0 Å². The van der Waals surface area contributed by atoms with Gasteiger partial charge in [0.05, 0.1) is 10.8 Å². The fourth-order valence-electron chi connectivity index (χ4n) is 6.56. The molecule has 5 rings (SSSR count). The van der Waals surface area contributed by atoms with Gasteiger partial charge in [-0.25, -0.2) is 0 Å². The zero-order valence-corrected chi connectivity index (χ0v) is 13.9. The lowest BCUT2D eigenvalue weighted by atomic mass is 9.44. The molecule has 2 nitrogen and oxygen atoms in total. The summed E-state index contributed by atoms with van der Waals surface area (Å²) >= 11 is 6.45. The molecular weight excluding hydrogens is 282 g/mol. The van der Waals surface area contributed by atoms with Crippen molar-refractivity contribution in [3.05, 3.63) is 0 Å². The van der Waals surface area contributed by atoms with Crippen LogP contribution >= 0.6 is 11.6 Å². The highest BCUT2D eigenvalue weighted by molar-refractivity contribution is 6.21. The van der Waals surface area contributed by atoms with Gasteiger partial charge in [-0.2, -0.15) is 0 Å². The van der Waals surface area contributed by atoms with Gasteiger partial charge in [-0.15, -0.1) is 11.6 Å². The summed E-state index contributed by atoms with van der Waals surface area (Å²) in [5.74, 6) is 1.96. The highest BCUT2D eigenvalue weighted by Gasteiger charge is 2.59. The molecule has 5 fully saturated rings. The van der Waals surface area contributed by atoms with Crippen molar-refractivity contribution in [2.75, 3.05) is 0 Å². The normalized spacial score (nSPS) is 51.9. The van der Waals surface area contributed by atoms with Gasteiger partial charge in [0, 0.05) is 6.04 Å². The fourth-order valence-corrected chi connectivity index (χ4v) is 6.90. The minimum absolute atomic E-state index is 0.0487. The minimum Gasteiger partial charge on any atom is -0.351 e. The topological polar surface area (TPSA) is 29.1 Å². The number of rotatable bonds is 2. The second kappa shape index (κ2) is 4.88. The van der Waals surface area contributed by atoms with Crippen LogP contribution in [0, 0.1) is 22.7 Å². The lowest BCUT2D eigenvalue weighted by Gasteiger charge is -2.60. The maximum Gasteiger partial charge on any atom is 0.226 e. The third kappa shape index (κ3) is 2.42. The Morgan fingerprint density at radius 2 is 1.76 bits per heavy atom. The van der Waals surface area contributed by atoms with E-state index >= 15 is 0 Å². The van der Waals surface area contributed by atoms with E-state index in [4.69, 9.17) is 11.6 Å². The predicted octanol–water partition coefficient (Wildman–Crippen LogP) is 4.26. The third-order valence-corrected chi connectivity index (χ3v) is 7.36. The Bertz CT molecular complexity index is 434. The summed E-state index contributed by atoms with van der Waals surface area (Å²) in [6.45, 7) is 2.43. The van der Waals surface area contributed by atoms with Crippen molar-refractivity contribution in [3.63, 3.8) is 0 Å². The molecule has 3 heteroatoms. The van der Waals surface area contributed by atoms with Crippen molar-refractivity contribution < 1.29 is 4.79 Å². The number of carbonyl (C=O) groups excluding carboxylic acids is 1. The Labute approximate surface area is 133 Å². The highest BCUT2D eigenvalue weighted by Crippen LogP contribution is 2.65. The molecule has 0 aromatic rings. The number of alkyl halides is 1. The molecule has 1 N–H and O–H groups in total. The monoisotopic (exact) mass is 309 g/mol. The largest absolute Gasteiger partial charge is 0.351 e. The molecule has 4 unspecified atom stereocenters. The zero-order valence-electron chi connectivity index (χ0n) is 13.2. The van der Waals surface area contributed by atoms with E-state index in [1.165, 1.54) is 32.1 Å². The van der Waals surface area contributed by atoms with Gasteiger partial charge in [0.15, 0.2) is 0 Å². The molecular formula is C18H28ClNO. The van der Waals surface area contributed by atoms with Crippen LogP contribution in [0.15, 0.2) is 0 Å². The first-order valence-electron chi connectivity index (χ1n) is 8.93. The van der Waals surface area contributed by atoms with Crippen LogP contribution in [0.4, 0.5) is 0 Å². The number of carbonyl (C=O) groups is 1. The first kappa shape index (κ1) is 14.4. The van der Waals surface area contributed by atoms with Gasteiger partial charge in [-0.3, -0.25) is 4.79 Å². The van der Waals surface area contributed by atoms with E-state index in [9.17, 15) is 4.79 Å². The van der Waals surface area contributed by atoms with E-state index in [2.05, 4.69) is 12.2 Å². The quantitative estimate of drug-likeness (QED) is 0.759. The Hall–Kier alpha value is -0.240. The van der Waals surface area contributed by atoms with Crippen LogP contribution in [0.1, 0.15) is 71.1 Å². The number of amides is 1. The molecule has 4 atom stereocenters. The van der Waals surface area contributed by atoms with E-state index in [0.29, 0.717) is 11.3 Å². The summed E-state index contributed by atoms with van der Waals surface area (Å²) in [6.07, 6.45) is 12.1. The molecule has 0 heterocycles. The van der Waals surface area contributed by atoms with E-state index in [-0.39, 0.29) is 16.8 Å². The van der Waals surface area contributed by atoms with Crippen molar-refractivity contribution in [1.82, 2.24) is 5.32 Å². The first-order chi connectivity index (χ1) is 9.98. The number of hydrogen-bond acceptors (Lipinski definition) is 1. The molecule has 21 heavy (non-hydrogen) atoms. The van der Waals surface area contributed by atoms with Crippen molar-refractivity contribution in [1.29, 1.82) is 0 Å². The van der Waals surface area contributed by atoms with Gasteiger partial charge in [-0.05, 0) is 68.6 Å². The van der Waals surface area contributed by atoms with Gasteiger partial charge < -0.3 is 5.32 Å². The van der Waals surface area contributed by atoms with Gasteiger partial charge in [0.2, 0.25) is 5.91 Å². The van der Waals surface area contributed by atoms with Crippen molar-refractivity contribution in [2.45, 2.75) is 82.6 Å². The summed E-state index contributed by atoms with van der Waals surface area (Å²) < 4.78 is 0. The highest BCUT2D eigenvalue weighted by atomic mass is 35.5. The predicted molar refractivity (Wildman–Crippen MR) is 85.3 cm³/mol. The van der Waals surface area contributed by atoms with E-state index < -0.39 is 0 Å². The molecule has 0 aliphatic heterocycles. The van der Waals surface area contributed by atoms with Crippen molar-refractivity contribution >= 4 is 17.5 Å². The Balaban J connectivity index is 1.51. The second-order valence-corrected chi connectivity index (χ2v) is 9.49. The van der Waals surface area contributed by atoms with E-state index in [1.54, 1.807) is 0 Å². The van der Waals surface area contributed by atoms with Crippen LogP contribution in [0.2, 0.25) is 0 Å². The average molecular weight is 310 g/mol. The van der Waals surface area contributed by atoms with Gasteiger partial charge in [-0.1, -0.05) is 19.8 Å². The van der Waals surface area contributed by atoms with Crippen LogP contribution < -0.4 is 5.32 Å². The molecule has 0 radical (unpaired) electrons. The van der Waals surface area contributed by atoms with Crippen LogP contribution in [0.3, 0.4) is 0 Å². The number of hydrogen-bond donors (Lipinski definition) is 1. The maximum absolute atomic E-state index is 13.1. The molecule has 118 valence electrons. The number of nitrogens with one attached hydrogen (secondary N) is 1.